The summed E-state index contributed by atoms with van der Waals surface area (Å²) in [7, 11) is -2.22. The molecule has 0 bridgehead atoms. The number of carboxylic acids is 1. The van der Waals surface area contributed by atoms with Crippen molar-refractivity contribution in [3.63, 3.8) is 0 Å². The Morgan fingerprint density at radius 3 is 2.50 bits per heavy atom. The van der Waals surface area contributed by atoms with E-state index in [0.29, 0.717) is 0 Å². The van der Waals surface area contributed by atoms with Gasteiger partial charge in [0.1, 0.15) is 11.1 Å². The number of nitrogens with zero attached hydrogens (tertiary/aromatic N) is 1. The van der Waals surface area contributed by atoms with Gasteiger partial charge < -0.3 is 9.67 Å². The van der Waals surface area contributed by atoms with Crippen LogP contribution in [-0.4, -0.2) is 30.1 Å². The lowest BCUT2D eigenvalue weighted by Gasteiger charge is -2.16. The lowest BCUT2D eigenvalue weighted by molar-refractivity contribution is -0.139. The molecular weight excluding hydrogens is 256 g/mol. The van der Waals surface area contributed by atoms with E-state index in [0.717, 1.165) is 0 Å². The van der Waals surface area contributed by atoms with Crippen molar-refractivity contribution in [1.29, 1.82) is 0 Å². The van der Waals surface area contributed by atoms with Gasteiger partial charge in [-0.2, -0.15) is 4.72 Å². The van der Waals surface area contributed by atoms with Gasteiger partial charge >= 0.3 is 5.97 Å². The smallest absolute Gasteiger partial charge is 0.321 e. The van der Waals surface area contributed by atoms with Crippen LogP contribution in [0.15, 0.2) is 23.4 Å². The highest BCUT2D eigenvalue weighted by molar-refractivity contribution is 7.89. The molecule has 1 atom stereocenters. The van der Waals surface area contributed by atoms with Crippen LogP contribution in [-0.2, 0) is 21.9 Å². The van der Waals surface area contributed by atoms with Crippen LogP contribution in [0.25, 0.3) is 0 Å². The van der Waals surface area contributed by atoms with Crippen molar-refractivity contribution in [1.82, 2.24) is 9.29 Å². The van der Waals surface area contributed by atoms with E-state index in [4.69, 9.17) is 5.11 Å². The second kappa shape index (κ2) is 5.53. The molecule has 0 aliphatic heterocycles. The first-order chi connectivity index (χ1) is 8.24. The lowest BCUT2D eigenvalue weighted by Crippen LogP contribution is -2.42. The van der Waals surface area contributed by atoms with Crippen LogP contribution in [0.5, 0.6) is 0 Å². The molecule has 0 radical (unpaired) electrons. The number of aliphatic carboxylic acids is 1. The summed E-state index contributed by atoms with van der Waals surface area (Å²) >= 11 is 0. The highest BCUT2D eigenvalue weighted by Gasteiger charge is 2.27. The lowest BCUT2D eigenvalue weighted by atomic mass is 10.1. The van der Waals surface area contributed by atoms with Gasteiger partial charge in [-0.25, -0.2) is 8.42 Å². The third-order valence-electron chi connectivity index (χ3n) is 2.47. The van der Waals surface area contributed by atoms with Crippen molar-refractivity contribution in [3.05, 3.63) is 18.3 Å². The molecule has 0 saturated carbocycles. The Balaban J connectivity index is 2.94. The van der Waals surface area contributed by atoms with Crippen molar-refractivity contribution < 1.29 is 18.3 Å². The Kier molecular flexibility index (Phi) is 4.53. The maximum atomic E-state index is 12.0. The molecule has 102 valence electrons. The highest BCUT2D eigenvalue weighted by Crippen LogP contribution is 2.12. The number of nitrogens with one attached hydrogen (secondary N) is 1. The van der Waals surface area contributed by atoms with Crippen molar-refractivity contribution in [2.24, 2.45) is 13.0 Å². The number of carbonyl (C=O) groups is 1. The summed E-state index contributed by atoms with van der Waals surface area (Å²) in [6.07, 6.45) is 1.84. The SMILES string of the molecule is CC(C)CC(NS(=O)(=O)c1cccn1C)C(=O)O. The van der Waals surface area contributed by atoms with Gasteiger partial charge in [-0.1, -0.05) is 13.8 Å². The third-order valence-corrected chi connectivity index (χ3v) is 4.04. The molecule has 0 aliphatic carbocycles. The standard InChI is InChI=1S/C11H18N2O4S/c1-8(2)7-9(11(14)15)12-18(16,17)10-5-4-6-13(10)3/h4-6,8-9,12H,7H2,1-3H3,(H,14,15). The van der Waals surface area contributed by atoms with Gasteiger partial charge in [0, 0.05) is 13.2 Å². The molecule has 0 aromatic carbocycles. The van der Waals surface area contributed by atoms with Crippen LogP contribution in [0.3, 0.4) is 0 Å². The zero-order chi connectivity index (χ0) is 13.9. The van der Waals surface area contributed by atoms with Crippen LogP contribution in [0.4, 0.5) is 0 Å². The monoisotopic (exact) mass is 274 g/mol. The molecule has 6 nitrogen and oxygen atoms in total. The third kappa shape index (κ3) is 3.58. The van der Waals surface area contributed by atoms with E-state index in [2.05, 4.69) is 4.72 Å². The number of hydrogen-bond donors (Lipinski definition) is 2. The minimum absolute atomic E-state index is 0.0532. The minimum Gasteiger partial charge on any atom is -0.480 e. The first-order valence-corrected chi connectivity index (χ1v) is 7.09. The molecule has 0 saturated heterocycles. The average molecular weight is 274 g/mol. The van der Waals surface area contributed by atoms with Gasteiger partial charge in [-0.05, 0) is 24.5 Å². The summed E-state index contributed by atoms with van der Waals surface area (Å²) in [5.74, 6) is -1.08. The highest BCUT2D eigenvalue weighted by atomic mass is 32.2. The quantitative estimate of drug-likeness (QED) is 0.803. The predicted molar refractivity (Wildman–Crippen MR) is 66.6 cm³/mol. The molecule has 2 N–H and O–H groups in total. The molecule has 18 heavy (non-hydrogen) atoms. The molecule has 0 spiro atoms. The maximum Gasteiger partial charge on any atom is 0.321 e. The van der Waals surface area contributed by atoms with Gasteiger partial charge in [0.15, 0.2) is 0 Å². The summed E-state index contributed by atoms with van der Waals surface area (Å²) in [5.41, 5.74) is 0. The normalized spacial score (nSPS) is 13.8. The number of sulfonamides is 1. The molecule has 1 rings (SSSR count). The summed E-state index contributed by atoms with van der Waals surface area (Å²) in [5, 5.41) is 9.07. The van der Waals surface area contributed by atoms with E-state index in [-0.39, 0.29) is 17.4 Å². The Labute approximate surface area is 107 Å². The molecule has 1 aromatic heterocycles. The zero-order valence-corrected chi connectivity index (χ0v) is 11.4. The molecule has 0 aliphatic rings. The largest absolute Gasteiger partial charge is 0.480 e. The van der Waals surface area contributed by atoms with Gasteiger partial charge in [-0.15, -0.1) is 0 Å². The fraction of sp³-hybridized carbons (Fsp3) is 0.545. The van der Waals surface area contributed by atoms with E-state index < -0.39 is 22.0 Å². The van der Waals surface area contributed by atoms with Gasteiger partial charge in [0.05, 0.1) is 0 Å². The van der Waals surface area contributed by atoms with E-state index in [9.17, 15) is 13.2 Å². The summed E-state index contributed by atoms with van der Waals surface area (Å²) in [6, 6.07) is 1.91. The number of aryl methyl sites for hydroxylation is 1. The number of carboxylic acid groups (broad SMARTS) is 1. The Morgan fingerprint density at radius 1 is 1.50 bits per heavy atom. The van der Waals surface area contributed by atoms with Crippen molar-refractivity contribution in [2.75, 3.05) is 0 Å². The zero-order valence-electron chi connectivity index (χ0n) is 10.6. The topological polar surface area (TPSA) is 88.4 Å². The van der Waals surface area contributed by atoms with Gasteiger partial charge in [0.25, 0.3) is 10.0 Å². The second-order valence-electron chi connectivity index (χ2n) is 4.60. The Hall–Kier alpha value is -1.34. The van der Waals surface area contributed by atoms with Crippen LogP contribution >= 0.6 is 0 Å². The fourth-order valence-electron chi connectivity index (χ4n) is 1.64. The number of aromatic nitrogens is 1. The van der Waals surface area contributed by atoms with Crippen LogP contribution in [0.2, 0.25) is 0 Å². The first-order valence-electron chi connectivity index (χ1n) is 5.60. The van der Waals surface area contributed by atoms with Crippen molar-refractivity contribution >= 4 is 16.0 Å². The molecule has 1 heterocycles. The fourth-order valence-corrected chi connectivity index (χ4v) is 3.03. The van der Waals surface area contributed by atoms with Crippen LogP contribution in [0, 0.1) is 5.92 Å². The predicted octanol–water partition coefficient (Wildman–Crippen LogP) is 0.803. The van der Waals surface area contributed by atoms with E-state index in [1.807, 2.05) is 13.8 Å². The molecule has 0 amide bonds. The summed E-state index contributed by atoms with van der Waals surface area (Å²) in [4.78, 5) is 11.0. The van der Waals surface area contributed by atoms with E-state index in [1.54, 1.807) is 19.3 Å². The van der Waals surface area contributed by atoms with E-state index >= 15 is 0 Å². The Bertz CT molecular complexity index is 519. The van der Waals surface area contributed by atoms with Crippen LogP contribution < -0.4 is 4.72 Å². The van der Waals surface area contributed by atoms with Crippen LogP contribution in [0.1, 0.15) is 20.3 Å². The maximum absolute atomic E-state index is 12.0. The average Bonchev–Trinajstić information content (AvgIpc) is 2.62. The molecule has 1 unspecified atom stereocenters. The molecule has 7 heteroatoms. The van der Waals surface area contributed by atoms with Crippen molar-refractivity contribution in [2.45, 2.75) is 31.3 Å². The second-order valence-corrected chi connectivity index (χ2v) is 6.26. The van der Waals surface area contributed by atoms with Crippen molar-refractivity contribution in [3.8, 4) is 0 Å². The summed E-state index contributed by atoms with van der Waals surface area (Å²) in [6.45, 7) is 3.68. The summed E-state index contributed by atoms with van der Waals surface area (Å²) < 4.78 is 27.7. The van der Waals surface area contributed by atoms with Gasteiger partial charge in [0.2, 0.25) is 0 Å². The Morgan fingerprint density at radius 2 is 2.11 bits per heavy atom. The minimum atomic E-state index is -3.81. The molecule has 1 aromatic rings. The first kappa shape index (κ1) is 14.7. The number of hydrogen-bond acceptors (Lipinski definition) is 3. The molecular formula is C11H18N2O4S. The number of rotatable bonds is 6. The van der Waals surface area contributed by atoms with E-state index in [1.165, 1.54) is 10.6 Å². The molecule has 0 fully saturated rings. The van der Waals surface area contributed by atoms with Gasteiger partial charge in [-0.3, -0.25) is 4.79 Å².